The van der Waals surface area contributed by atoms with E-state index in [0.29, 0.717) is 6.42 Å². The van der Waals surface area contributed by atoms with Crippen LogP contribution in [0.3, 0.4) is 0 Å². The molecule has 1 N–H and O–H groups in total. The van der Waals surface area contributed by atoms with E-state index in [0.717, 1.165) is 24.1 Å². The lowest BCUT2D eigenvalue weighted by Gasteiger charge is -2.15. The van der Waals surface area contributed by atoms with Crippen LogP contribution in [0.15, 0.2) is 67.3 Å². The summed E-state index contributed by atoms with van der Waals surface area (Å²) in [5, 5.41) is 3.09. The van der Waals surface area contributed by atoms with Crippen LogP contribution in [0, 0.1) is 0 Å². The summed E-state index contributed by atoms with van der Waals surface area (Å²) >= 11 is 0. The van der Waals surface area contributed by atoms with Gasteiger partial charge >= 0.3 is 0 Å². The molecule has 26 heavy (non-hydrogen) atoms. The van der Waals surface area contributed by atoms with Crippen molar-refractivity contribution in [2.45, 2.75) is 39.2 Å². The van der Waals surface area contributed by atoms with Crippen LogP contribution in [0.2, 0.25) is 0 Å². The van der Waals surface area contributed by atoms with Crippen LogP contribution in [0.4, 0.5) is 0 Å². The molecule has 1 heterocycles. The maximum Gasteiger partial charge on any atom is 0.220 e. The molecular weight excluding hydrogens is 322 g/mol. The average Bonchev–Trinajstić information content (AvgIpc) is 3.21. The Bertz CT molecular complexity index is 821. The summed E-state index contributed by atoms with van der Waals surface area (Å²) < 4.78 is 1.96. The number of aryl methyl sites for hydroxylation is 2. The lowest BCUT2D eigenvalue weighted by atomic mass is 10.0. The van der Waals surface area contributed by atoms with Crippen molar-refractivity contribution in [1.82, 2.24) is 14.9 Å². The number of nitrogens with zero attached hydrogens (tertiary/aromatic N) is 2. The quantitative estimate of drug-likeness (QED) is 0.695. The number of carbonyl (C=O) groups excluding carboxylic acids is 1. The molecule has 3 rings (SSSR count). The highest BCUT2D eigenvalue weighted by Gasteiger charge is 2.10. The fourth-order valence-corrected chi connectivity index (χ4v) is 2.94. The maximum atomic E-state index is 12.3. The summed E-state index contributed by atoms with van der Waals surface area (Å²) in [6.07, 6.45) is 7.75. The van der Waals surface area contributed by atoms with E-state index in [1.807, 2.05) is 42.0 Å². The summed E-state index contributed by atoms with van der Waals surface area (Å²) in [5.41, 5.74) is 4.68. The predicted molar refractivity (Wildman–Crippen MR) is 104 cm³/mol. The lowest BCUT2D eigenvalue weighted by Crippen LogP contribution is -2.26. The highest BCUT2D eigenvalue weighted by atomic mass is 16.1. The van der Waals surface area contributed by atoms with Crippen molar-refractivity contribution in [2.75, 3.05) is 0 Å². The first kappa shape index (κ1) is 17.9. The van der Waals surface area contributed by atoms with Gasteiger partial charge in [0.15, 0.2) is 0 Å². The summed E-state index contributed by atoms with van der Waals surface area (Å²) in [6, 6.07) is 16.7. The Balaban J connectivity index is 1.51. The molecule has 1 unspecified atom stereocenters. The smallest absolute Gasteiger partial charge is 0.220 e. The zero-order chi connectivity index (χ0) is 18.4. The number of rotatable bonds is 7. The summed E-state index contributed by atoms with van der Waals surface area (Å²) in [7, 11) is 0. The van der Waals surface area contributed by atoms with E-state index >= 15 is 0 Å². The van der Waals surface area contributed by atoms with Gasteiger partial charge in [0.25, 0.3) is 0 Å². The molecular formula is C22H25N3O. The number of hydrogen-bond acceptors (Lipinski definition) is 2. The largest absolute Gasteiger partial charge is 0.350 e. The molecule has 0 aliphatic carbocycles. The van der Waals surface area contributed by atoms with Gasteiger partial charge in [0.2, 0.25) is 5.91 Å². The molecule has 4 heteroatoms. The maximum absolute atomic E-state index is 12.3. The summed E-state index contributed by atoms with van der Waals surface area (Å²) in [6.45, 7) is 4.16. The number of nitrogens with one attached hydrogen (secondary N) is 1. The normalized spacial score (nSPS) is 11.9. The average molecular weight is 347 g/mol. The van der Waals surface area contributed by atoms with Crippen molar-refractivity contribution in [3.05, 3.63) is 83.9 Å². The van der Waals surface area contributed by atoms with Crippen LogP contribution in [-0.2, 0) is 17.6 Å². The highest BCUT2D eigenvalue weighted by molar-refractivity contribution is 5.76. The zero-order valence-corrected chi connectivity index (χ0v) is 15.4. The van der Waals surface area contributed by atoms with Gasteiger partial charge in [-0.15, -0.1) is 0 Å². The number of aromatic nitrogens is 2. The second-order valence-corrected chi connectivity index (χ2v) is 6.52. The minimum absolute atomic E-state index is 0.0122. The molecule has 2 aromatic carbocycles. The molecule has 1 amide bonds. The van der Waals surface area contributed by atoms with Crippen molar-refractivity contribution >= 4 is 5.91 Å². The van der Waals surface area contributed by atoms with Gasteiger partial charge in [0.1, 0.15) is 0 Å². The summed E-state index contributed by atoms with van der Waals surface area (Å²) in [5.74, 6) is 0.0794. The molecule has 0 bridgehead atoms. The Kier molecular flexibility index (Phi) is 5.84. The van der Waals surface area contributed by atoms with Gasteiger partial charge in [-0.2, -0.15) is 0 Å². The molecule has 0 aliphatic heterocycles. The van der Waals surface area contributed by atoms with E-state index < -0.39 is 0 Å². The third-order valence-corrected chi connectivity index (χ3v) is 4.65. The second-order valence-electron chi connectivity index (χ2n) is 6.52. The first-order chi connectivity index (χ1) is 12.7. The second kappa shape index (κ2) is 8.48. The highest BCUT2D eigenvalue weighted by Crippen LogP contribution is 2.16. The Labute approximate surface area is 154 Å². The molecule has 0 spiro atoms. The van der Waals surface area contributed by atoms with Crippen molar-refractivity contribution in [3.63, 3.8) is 0 Å². The third-order valence-electron chi connectivity index (χ3n) is 4.65. The predicted octanol–water partition coefficient (Wildman–Crippen LogP) is 4.24. The molecule has 1 atom stereocenters. The van der Waals surface area contributed by atoms with Crippen LogP contribution >= 0.6 is 0 Å². The molecule has 0 saturated heterocycles. The minimum atomic E-state index is -0.0122. The molecule has 0 fully saturated rings. The fourth-order valence-electron chi connectivity index (χ4n) is 2.94. The van der Waals surface area contributed by atoms with Gasteiger partial charge in [0, 0.05) is 24.5 Å². The van der Waals surface area contributed by atoms with Crippen LogP contribution in [0.5, 0.6) is 0 Å². The number of carbonyl (C=O) groups is 1. The minimum Gasteiger partial charge on any atom is -0.350 e. The van der Waals surface area contributed by atoms with E-state index in [-0.39, 0.29) is 11.9 Å². The zero-order valence-electron chi connectivity index (χ0n) is 15.4. The molecule has 134 valence electrons. The monoisotopic (exact) mass is 347 g/mol. The van der Waals surface area contributed by atoms with Crippen LogP contribution in [-0.4, -0.2) is 15.5 Å². The van der Waals surface area contributed by atoms with Gasteiger partial charge in [-0.1, -0.05) is 43.3 Å². The fraction of sp³-hybridized carbons (Fsp3) is 0.273. The molecule has 4 nitrogen and oxygen atoms in total. The lowest BCUT2D eigenvalue weighted by molar-refractivity contribution is -0.121. The van der Waals surface area contributed by atoms with Crippen LogP contribution in [0.25, 0.3) is 5.69 Å². The Morgan fingerprint density at radius 2 is 1.77 bits per heavy atom. The van der Waals surface area contributed by atoms with Gasteiger partial charge in [-0.3, -0.25) is 4.79 Å². The van der Waals surface area contributed by atoms with Gasteiger partial charge in [-0.05, 0) is 48.6 Å². The van der Waals surface area contributed by atoms with Crippen molar-refractivity contribution in [3.8, 4) is 5.69 Å². The number of imidazole rings is 1. The van der Waals surface area contributed by atoms with E-state index in [1.54, 1.807) is 12.5 Å². The van der Waals surface area contributed by atoms with Gasteiger partial charge in [0.05, 0.1) is 12.4 Å². The van der Waals surface area contributed by atoms with Gasteiger partial charge < -0.3 is 9.88 Å². The Morgan fingerprint density at radius 1 is 1.08 bits per heavy atom. The van der Waals surface area contributed by atoms with E-state index in [1.165, 1.54) is 11.1 Å². The van der Waals surface area contributed by atoms with E-state index in [2.05, 4.69) is 41.5 Å². The van der Waals surface area contributed by atoms with E-state index in [4.69, 9.17) is 0 Å². The number of amides is 1. The topological polar surface area (TPSA) is 46.9 Å². The van der Waals surface area contributed by atoms with Crippen molar-refractivity contribution in [2.24, 2.45) is 0 Å². The Hall–Kier alpha value is -2.88. The molecule has 0 radical (unpaired) electrons. The first-order valence-corrected chi connectivity index (χ1v) is 9.11. The van der Waals surface area contributed by atoms with Crippen LogP contribution < -0.4 is 5.32 Å². The first-order valence-electron chi connectivity index (χ1n) is 9.11. The molecule has 0 aliphatic rings. The SMILES string of the molecule is CCc1ccc(CCC(=O)NC(C)c2ccc(-n3ccnc3)cc2)cc1. The van der Waals surface area contributed by atoms with Gasteiger partial charge in [-0.25, -0.2) is 4.98 Å². The van der Waals surface area contributed by atoms with Crippen LogP contribution in [0.1, 0.15) is 43.0 Å². The van der Waals surface area contributed by atoms with Crippen molar-refractivity contribution < 1.29 is 4.79 Å². The molecule has 3 aromatic rings. The van der Waals surface area contributed by atoms with E-state index in [9.17, 15) is 4.79 Å². The number of hydrogen-bond donors (Lipinski definition) is 1. The Morgan fingerprint density at radius 3 is 2.38 bits per heavy atom. The number of benzene rings is 2. The third kappa shape index (κ3) is 4.60. The standard InChI is InChI=1S/C22H25N3O/c1-3-18-4-6-19(7-5-18)8-13-22(26)24-17(2)20-9-11-21(12-10-20)25-15-14-23-16-25/h4-7,9-12,14-17H,3,8,13H2,1-2H3,(H,24,26). The molecule has 0 saturated carbocycles. The van der Waals surface area contributed by atoms with Crippen molar-refractivity contribution in [1.29, 1.82) is 0 Å². The molecule has 1 aromatic heterocycles. The summed E-state index contributed by atoms with van der Waals surface area (Å²) in [4.78, 5) is 16.3.